The van der Waals surface area contributed by atoms with Crippen molar-refractivity contribution < 1.29 is 8.83 Å². The van der Waals surface area contributed by atoms with E-state index >= 15 is 0 Å². The van der Waals surface area contributed by atoms with Crippen LogP contribution in [0.3, 0.4) is 0 Å². The minimum Gasteiger partial charge on any atom is -0.456 e. The van der Waals surface area contributed by atoms with Gasteiger partial charge in [-0.25, -0.2) is 0 Å². The summed E-state index contributed by atoms with van der Waals surface area (Å²) in [5.74, 6) is 2.55. The number of aromatic nitrogens is 2. The van der Waals surface area contributed by atoms with Crippen molar-refractivity contribution in [2.24, 2.45) is 0 Å². The summed E-state index contributed by atoms with van der Waals surface area (Å²) < 4.78 is 11.0. The van der Waals surface area contributed by atoms with E-state index in [2.05, 4.69) is 29.4 Å². The van der Waals surface area contributed by atoms with Crippen LogP contribution < -0.4 is 5.32 Å². The lowest BCUT2D eigenvalue weighted by molar-refractivity contribution is 0.441. The molecule has 0 atom stereocenters. The molecule has 0 unspecified atom stereocenters. The van der Waals surface area contributed by atoms with Crippen LogP contribution in [0, 0.1) is 0 Å². The maximum Gasteiger partial charge on any atom is 0.283 e. The molecule has 0 radical (unpaired) electrons. The molecule has 2 rings (SSSR count). The van der Waals surface area contributed by atoms with E-state index in [0.29, 0.717) is 30.1 Å². The Kier molecular flexibility index (Phi) is 3.58. The summed E-state index contributed by atoms with van der Waals surface area (Å²) in [5.41, 5.74) is 0. The van der Waals surface area contributed by atoms with E-state index in [1.54, 1.807) is 0 Å². The first-order chi connectivity index (χ1) is 8.19. The molecular weight excluding hydrogens is 218 g/mol. The second-order valence-corrected chi connectivity index (χ2v) is 4.16. The number of furan rings is 1. The summed E-state index contributed by atoms with van der Waals surface area (Å²) in [6.07, 6.45) is 0.857. The van der Waals surface area contributed by atoms with Crippen LogP contribution in [-0.4, -0.2) is 16.2 Å². The predicted molar refractivity (Wildman–Crippen MR) is 63.4 cm³/mol. The highest BCUT2D eigenvalue weighted by molar-refractivity contribution is 5.43. The molecule has 0 aliphatic carbocycles. The van der Waals surface area contributed by atoms with Crippen LogP contribution in [-0.2, 0) is 13.0 Å². The summed E-state index contributed by atoms with van der Waals surface area (Å²) in [6, 6.07) is 4.16. The number of nitrogens with zero attached hydrogens (tertiary/aromatic N) is 2. The fourth-order valence-corrected chi connectivity index (χ4v) is 1.40. The zero-order valence-electron chi connectivity index (χ0n) is 10.4. The Hall–Kier alpha value is -1.62. The average Bonchev–Trinajstić information content (AvgIpc) is 2.94. The van der Waals surface area contributed by atoms with Gasteiger partial charge in [-0.2, -0.15) is 0 Å². The molecule has 0 aliphatic heterocycles. The fraction of sp³-hybridized carbons (Fsp3) is 0.500. The van der Waals surface area contributed by atoms with Crippen molar-refractivity contribution in [3.8, 4) is 11.7 Å². The lowest BCUT2D eigenvalue weighted by atomic mass is 10.3. The van der Waals surface area contributed by atoms with Gasteiger partial charge in [0.25, 0.3) is 5.89 Å². The van der Waals surface area contributed by atoms with Gasteiger partial charge in [0.1, 0.15) is 5.76 Å². The summed E-state index contributed by atoms with van der Waals surface area (Å²) >= 11 is 0. The molecule has 2 heterocycles. The van der Waals surface area contributed by atoms with Crippen LogP contribution in [0.15, 0.2) is 21.0 Å². The van der Waals surface area contributed by atoms with Gasteiger partial charge in [-0.15, -0.1) is 10.2 Å². The molecular formula is C12H17N3O2. The second kappa shape index (κ2) is 5.14. The minimum absolute atomic E-state index is 0.389. The highest BCUT2D eigenvalue weighted by Gasteiger charge is 2.12. The molecule has 0 aromatic carbocycles. The molecule has 1 N–H and O–H groups in total. The molecule has 92 valence electrons. The normalized spacial score (nSPS) is 11.3. The van der Waals surface area contributed by atoms with Crippen molar-refractivity contribution in [1.29, 1.82) is 0 Å². The van der Waals surface area contributed by atoms with Gasteiger partial charge in [0.2, 0.25) is 5.89 Å². The smallest absolute Gasteiger partial charge is 0.283 e. The van der Waals surface area contributed by atoms with Gasteiger partial charge in [0.15, 0.2) is 5.76 Å². The van der Waals surface area contributed by atoms with E-state index in [-0.39, 0.29) is 0 Å². The largest absolute Gasteiger partial charge is 0.456 e. The first-order valence-corrected chi connectivity index (χ1v) is 5.84. The number of hydrogen-bond acceptors (Lipinski definition) is 5. The lowest BCUT2D eigenvalue weighted by Gasteiger charge is -2.03. The third-order valence-corrected chi connectivity index (χ3v) is 2.35. The van der Waals surface area contributed by atoms with Gasteiger partial charge in [-0.05, 0) is 12.1 Å². The van der Waals surface area contributed by atoms with Crippen molar-refractivity contribution >= 4 is 0 Å². The van der Waals surface area contributed by atoms with E-state index in [1.807, 2.05) is 19.1 Å². The molecule has 0 fully saturated rings. The fourth-order valence-electron chi connectivity index (χ4n) is 1.40. The Morgan fingerprint density at radius 2 is 2.06 bits per heavy atom. The van der Waals surface area contributed by atoms with E-state index in [9.17, 15) is 0 Å². The van der Waals surface area contributed by atoms with Gasteiger partial charge < -0.3 is 14.2 Å². The van der Waals surface area contributed by atoms with E-state index in [4.69, 9.17) is 8.83 Å². The van der Waals surface area contributed by atoms with Crippen LogP contribution in [0.25, 0.3) is 11.7 Å². The van der Waals surface area contributed by atoms with Crippen molar-refractivity contribution in [3.05, 3.63) is 23.8 Å². The zero-order chi connectivity index (χ0) is 12.3. The van der Waals surface area contributed by atoms with Crippen LogP contribution in [0.5, 0.6) is 0 Å². The maximum absolute atomic E-state index is 5.54. The van der Waals surface area contributed by atoms with Crippen molar-refractivity contribution in [2.45, 2.75) is 39.8 Å². The number of aryl methyl sites for hydroxylation is 1. The molecule has 0 saturated carbocycles. The third-order valence-electron chi connectivity index (χ3n) is 2.35. The van der Waals surface area contributed by atoms with Gasteiger partial charge >= 0.3 is 0 Å². The van der Waals surface area contributed by atoms with Gasteiger partial charge in [-0.3, -0.25) is 0 Å². The highest BCUT2D eigenvalue weighted by atomic mass is 16.4. The Labute approximate surface area is 100 Å². The molecule has 17 heavy (non-hydrogen) atoms. The van der Waals surface area contributed by atoms with E-state index < -0.39 is 0 Å². The van der Waals surface area contributed by atoms with Gasteiger partial charge in [-0.1, -0.05) is 20.8 Å². The highest BCUT2D eigenvalue weighted by Crippen LogP contribution is 2.20. The van der Waals surface area contributed by atoms with Crippen molar-refractivity contribution in [2.75, 3.05) is 0 Å². The second-order valence-electron chi connectivity index (χ2n) is 4.16. The predicted octanol–water partition coefficient (Wildman–Crippen LogP) is 2.39. The maximum atomic E-state index is 5.54. The monoisotopic (exact) mass is 235 g/mol. The molecule has 0 spiro atoms. The van der Waals surface area contributed by atoms with E-state index in [1.165, 1.54) is 0 Å². The Morgan fingerprint density at radius 3 is 2.71 bits per heavy atom. The standard InChI is InChI=1S/C12H17N3O2/c1-4-9-5-6-10(16-9)12-15-14-11(17-12)7-13-8(2)3/h5-6,8,13H,4,7H2,1-3H3. The molecule has 5 heteroatoms. The zero-order valence-corrected chi connectivity index (χ0v) is 10.4. The molecule has 0 aliphatic rings. The van der Waals surface area contributed by atoms with Crippen LogP contribution in [0.4, 0.5) is 0 Å². The Bertz CT molecular complexity index is 474. The molecule has 5 nitrogen and oxygen atoms in total. The first-order valence-electron chi connectivity index (χ1n) is 5.84. The third kappa shape index (κ3) is 2.94. The molecule has 0 amide bonds. The van der Waals surface area contributed by atoms with Gasteiger partial charge in [0, 0.05) is 12.5 Å². The molecule has 0 bridgehead atoms. The van der Waals surface area contributed by atoms with Crippen molar-refractivity contribution in [1.82, 2.24) is 15.5 Å². The summed E-state index contributed by atoms with van der Waals surface area (Å²) in [6.45, 7) is 6.75. The van der Waals surface area contributed by atoms with Crippen LogP contribution in [0.1, 0.15) is 32.4 Å². The number of rotatable bonds is 5. The van der Waals surface area contributed by atoms with E-state index in [0.717, 1.165) is 12.2 Å². The van der Waals surface area contributed by atoms with Gasteiger partial charge in [0.05, 0.1) is 6.54 Å². The van der Waals surface area contributed by atoms with Crippen LogP contribution in [0.2, 0.25) is 0 Å². The topological polar surface area (TPSA) is 64.1 Å². The Balaban J connectivity index is 2.07. The SMILES string of the molecule is CCc1ccc(-c2nnc(CNC(C)C)o2)o1. The minimum atomic E-state index is 0.389. The average molecular weight is 235 g/mol. The summed E-state index contributed by atoms with van der Waals surface area (Å²) in [5, 5.41) is 11.1. The first kappa shape index (κ1) is 11.9. The lowest BCUT2D eigenvalue weighted by Crippen LogP contribution is -2.21. The van der Waals surface area contributed by atoms with Crippen molar-refractivity contribution in [3.63, 3.8) is 0 Å². The summed E-state index contributed by atoms with van der Waals surface area (Å²) in [4.78, 5) is 0. The molecule has 2 aromatic rings. The Morgan fingerprint density at radius 1 is 1.24 bits per heavy atom. The quantitative estimate of drug-likeness (QED) is 0.862. The summed E-state index contributed by atoms with van der Waals surface area (Å²) in [7, 11) is 0. The van der Waals surface area contributed by atoms with Crippen LogP contribution >= 0.6 is 0 Å². The number of hydrogen-bond donors (Lipinski definition) is 1. The molecule has 0 saturated heterocycles. The molecule has 2 aromatic heterocycles. The number of nitrogens with one attached hydrogen (secondary N) is 1.